The van der Waals surface area contributed by atoms with Gasteiger partial charge in [-0.05, 0) is 67.2 Å². The minimum atomic E-state index is -0.311. The third-order valence-corrected chi connectivity index (χ3v) is 5.11. The van der Waals surface area contributed by atoms with Crippen molar-refractivity contribution in [3.8, 4) is 0 Å². The Morgan fingerprint density at radius 3 is 2.72 bits per heavy atom. The second-order valence-electron chi connectivity index (χ2n) is 5.89. The van der Waals surface area contributed by atoms with Gasteiger partial charge in [-0.15, -0.1) is 0 Å². The molecule has 0 aromatic heterocycles. The van der Waals surface area contributed by atoms with Crippen LogP contribution in [-0.4, -0.2) is 11.2 Å². The van der Waals surface area contributed by atoms with Crippen molar-refractivity contribution in [3.63, 3.8) is 0 Å². The van der Waals surface area contributed by atoms with Gasteiger partial charge in [0.2, 0.25) is 0 Å². The van der Waals surface area contributed by atoms with Gasteiger partial charge in [0.25, 0.3) is 0 Å². The molecule has 98 valence electrons. The van der Waals surface area contributed by atoms with Gasteiger partial charge < -0.3 is 5.11 Å². The van der Waals surface area contributed by atoms with Crippen LogP contribution in [0.1, 0.15) is 31.2 Å². The molecule has 0 heterocycles. The average Bonchev–Trinajstić information content (AvgIpc) is 2.88. The predicted molar refractivity (Wildman–Crippen MR) is 72.7 cm³/mol. The van der Waals surface area contributed by atoms with E-state index in [1.54, 1.807) is 0 Å². The van der Waals surface area contributed by atoms with Crippen molar-refractivity contribution in [1.29, 1.82) is 0 Å². The van der Waals surface area contributed by atoms with Crippen LogP contribution in [0.5, 0.6) is 0 Å². The number of aliphatic hydroxyl groups is 1. The van der Waals surface area contributed by atoms with Crippen LogP contribution in [0.3, 0.4) is 0 Å². The van der Waals surface area contributed by atoms with Crippen molar-refractivity contribution in [2.24, 2.45) is 17.8 Å². The quantitative estimate of drug-likeness (QED) is 0.896. The molecule has 2 saturated carbocycles. The third-order valence-electron chi connectivity index (χ3n) is 4.65. The van der Waals surface area contributed by atoms with Gasteiger partial charge in [-0.3, -0.25) is 0 Å². The highest BCUT2D eigenvalue weighted by Gasteiger charge is 2.42. The first-order chi connectivity index (χ1) is 8.61. The minimum absolute atomic E-state index is 0.237. The Kier molecular flexibility index (Phi) is 3.46. The maximum Gasteiger partial charge on any atom is 0.124 e. The molecule has 1 nitrogen and oxygen atoms in total. The van der Waals surface area contributed by atoms with E-state index in [-0.39, 0.29) is 11.9 Å². The average molecular weight is 313 g/mol. The molecule has 18 heavy (non-hydrogen) atoms. The fourth-order valence-corrected chi connectivity index (χ4v) is 4.40. The summed E-state index contributed by atoms with van der Waals surface area (Å²) >= 11 is 3.30. The Morgan fingerprint density at radius 2 is 2.11 bits per heavy atom. The van der Waals surface area contributed by atoms with Gasteiger partial charge in [-0.2, -0.15) is 0 Å². The van der Waals surface area contributed by atoms with Crippen LogP contribution in [0.25, 0.3) is 0 Å². The van der Waals surface area contributed by atoms with Gasteiger partial charge in [-0.25, -0.2) is 4.39 Å². The van der Waals surface area contributed by atoms with E-state index < -0.39 is 0 Å². The summed E-state index contributed by atoms with van der Waals surface area (Å²) in [5.41, 5.74) is 0.886. The Labute approximate surface area is 116 Å². The summed E-state index contributed by atoms with van der Waals surface area (Å²) in [7, 11) is 0. The molecule has 0 amide bonds. The lowest BCUT2D eigenvalue weighted by atomic mass is 9.82. The molecule has 2 bridgehead atoms. The lowest BCUT2D eigenvalue weighted by Crippen LogP contribution is -2.27. The molecular weight excluding hydrogens is 295 g/mol. The fourth-order valence-electron chi connectivity index (χ4n) is 3.89. The van der Waals surface area contributed by atoms with Crippen molar-refractivity contribution in [1.82, 2.24) is 0 Å². The summed E-state index contributed by atoms with van der Waals surface area (Å²) in [5.74, 6) is 1.75. The second-order valence-corrected chi connectivity index (χ2v) is 6.80. The lowest BCUT2D eigenvalue weighted by Gasteiger charge is -2.26. The Hall–Kier alpha value is -0.410. The molecule has 0 saturated heterocycles. The molecule has 4 unspecified atom stereocenters. The number of fused-ring (bicyclic) bond motifs is 2. The van der Waals surface area contributed by atoms with Crippen molar-refractivity contribution in [3.05, 3.63) is 34.1 Å². The first-order valence-corrected chi connectivity index (χ1v) is 7.54. The highest BCUT2D eigenvalue weighted by molar-refractivity contribution is 9.10. The van der Waals surface area contributed by atoms with Gasteiger partial charge in [0.15, 0.2) is 0 Å². The number of hydrogen-bond acceptors (Lipinski definition) is 1. The normalized spacial score (nSPS) is 31.8. The standard InChI is InChI=1S/C15H18BrFO/c16-12-4-10(5-13(17)8-12)7-15(18)14-6-9-1-2-11(14)3-9/h4-5,8-9,11,14-15,18H,1-3,6-7H2. The second kappa shape index (κ2) is 4.93. The minimum Gasteiger partial charge on any atom is -0.392 e. The number of rotatable bonds is 3. The van der Waals surface area contributed by atoms with E-state index in [0.29, 0.717) is 18.3 Å². The van der Waals surface area contributed by atoms with E-state index in [1.807, 2.05) is 6.07 Å². The zero-order valence-corrected chi connectivity index (χ0v) is 11.9. The zero-order valence-electron chi connectivity index (χ0n) is 10.3. The van der Waals surface area contributed by atoms with E-state index in [4.69, 9.17) is 0 Å². The van der Waals surface area contributed by atoms with Crippen LogP contribution in [0, 0.1) is 23.6 Å². The van der Waals surface area contributed by atoms with Gasteiger partial charge in [0.05, 0.1) is 6.10 Å². The van der Waals surface area contributed by atoms with Crippen LogP contribution in [0.4, 0.5) is 4.39 Å². The number of benzene rings is 1. The summed E-state index contributed by atoms with van der Waals surface area (Å²) in [4.78, 5) is 0. The number of hydrogen-bond donors (Lipinski definition) is 1. The molecule has 0 aliphatic heterocycles. The first kappa shape index (κ1) is 12.6. The lowest BCUT2D eigenvalue weighted by molar-refractivity contribution is 0.0750. The summed E-state index contributed by atoms with van der Waals surface area (Å²) in [6.45, 7) is 0. The molecule has 1 N–H and O–H groups in total. The highest BCUT2D eigenvalue weighted by atomic mass is 79.9. The Balaban J connectivity index is 1.68. The van der Waals surface area contributed by atoms with Crippen LogP contribution in [0.2, 0.25) is 0 Å². The molecule has 1 aromatic rings. The topological polar surface area (TPSA) is 20.2 Å². The molecule has 0 spiro atoms. The maximum absolute atomic E-state index is 13.3. The summed E-state index contributed by atoms with van der Waals surface area (Å²) in [5, 5.41) is 10.4. The van der Waals surface area contributed by atoms with E-state index in [0.717, 1.165) is 16.0 Å². The van der Waals surface area contributed by atoms with Gasteiger partial charge in [-0.1, -0.05) is 22.4 Å². The van der Waals surface area contributed by atoms with E-state index in [9.17, 15) is 9.50 Å². The molecular formula is C15H18BrFO. The van der Waals surface area contributed by atoms with Gasteiger partial charge >= 0.3 is 0 Å². The summed E-state index contributed by atoms with van der Waals surface area (Å²) < 4.78 is 14.0. The molecule has 0 radical (unpaired) electrons. The smallest absolute Gasteiger partial charge is 0.124 e. The monoisotopic (exact) mass is 312 g/mol. The predicted octanol–water partition coefficient (Wildman–Crippen LogP) is 3.93. The molecule has 2 aliphatic carbocycles. The van der Waals surface area contributed by atoms with Crippen LogP contribution in [-0.2, 0) is 6.42 Å². The molecule has 2 fully saturated rings. The SMILES string of the molecule is OC(Cc1cc(F)cc(Br)c1)C1CC2CCC1C2. The summed E-state index contributed by atoms with van der Waals surface area (Å²) in [6, 6.07) is 4.88. The highest BCUT2D eigenvalue weighted by Crippen LogP contribution is 2.49. The largest absolute Gasteiger partial charge is 0.392 e. The van der Waals surface area contributed by atoms with Crippen LogP contribution in [0.15, 0.2) is 22.7 Å². The fraction of sp³-hybridized carbons (Fsp3) is 0.600. The first-order valence-electron chi connectivity index (χ1n) is 6.75. The molecule has 1 aromatic carbocycles. The zero-order chi connectivity index (χ0) is 12.7. The van der Waals surface area contributed by atoms with E-state index >= 15 is 0 Å². The van der Waals surface area contributed by atoms with E-state index in [2.05, 4.69) is 15.9 Å². The van der Waals surface area contributed by atoms with Crippen molar-refractivity contribution in [2.75, 3.05) is 0 Å². The van der Waals surface area contributed by atoms with Crippen molar-refractivity contribution >= 4 is 15.9 Å². The number of aliphatic hydroxyl groups excluding tert-OH is 1. The van der Waals surface area contributed by atoms with Gasteiger partial charge in [0, 0.05) is 4.47 Å². The van der Waals surface area contributed by atoms with Crippen molar-refractivity contribution < 1.29 is 9.50 Å². The Morgan fingerprint density at radius 1 is 1.28 bits per heavy atom. The van der Waals surface area contributed by atoms with Crippen molar-refractivity contribution in [2.45, 2.75) is 38.2 Å². The molecule has 3 rings (SSSR count). The molecule has 4 atom stereocenters. The maximum atomic E-state index is 13.3. The van der Waals surface area contributed by atoms with Crippen LogP contribution >= 0.6 is 15.9 Å². The van der Waals surface area contributed by atoms with Gasteiger partial charge in [0.1, 0.15) is 5.82 Å². The molecule has 3 heteroatoms. The molecule has 2 aliphatic rings. The van der Waals surface area contributed by atoms with E-state index in [1.165, 1.54) is 37.8 Å². The third kappa shape index (κ3) is 2.48. The number of halogens is 2. The Bertz CT molecular complexity index is 428. The van der Waals surface area contributed by atoms with Crippen LogP contribution < -0.4 is 0 Å². The summed E-state index contributed by atoms with van der Waals surface area (Å²) in [6.07, 6.45) is 5.36.